The fourth-order valence-electron chi connectivity index (χ4n) is 2.79. The Bertz CT molecular complexity index is 889. The highest BCUT2D eigenvalue weighted by Gasteiger charge is 2.34. The summed E-state index contributed by atoms with van der Waals surface area (Å²) in [4.78, 5) is 49.5. The van der Waals surface area contributed by atoms with Gasteiger partial charge in [-0.05, 0) is 43.3 Å². The molecule has 0 fully saturated rings. The zero-order valence-electron chi connectivity index (χ0n) is 15.2. The molecular formula is C20H19N3O5. The molecule has 0 saturated heterocycles. The van der Waals surface area contributed by atoms with Gasteiger partial charge in [0.25, 0.3) is 17.7 Å². The van der Waals surface area contributed by atoms with E-state index < -0.39 is 23.6 Å². The molecule has 0 radical (unpaired) electrons. The summed E-state index contributed by atoms with van der Waals surface area (Å²) in [6, 6.07) is 13.0. The number of nitrogens with one attached hydrogen (secondary N) is 2. The van der Waals surface area contributed by atoms with Crippen molar-refractivity contribution < 1.29 is 23.9 Å². The molecule has 0 aliphatic carbocycles. The van der Waals surface area contributed by atoms with E-state index in [9.17, 15) is 19.2 Å². The minimum Gasteiger partial charge on any atom is -0.494 e. The van der Waals surface area contributed by atoms with Crippen LogP contribution in [0.3, 0.4) is 0 Å². The molecule has 2 N–H and O–H groups in total. The summed E-state index contributed by atoms with van der Waals surface area (Å²) in [5.41, 5.74) is 5.59. The van der Waals surface area contributed by atoms with Crippen LogP contribution in [0.5, 0.6) is 5.75 Å². The summed E-state index contributed by atoms with van der Waals surface area (Å²) < 4.78 is 5.30. The summed E-state index contributed by atoms with van der Waals surface area (Å²) in [5.74, 6) is -1.21. The van der Waals surface area contributed by atoms with Gasteiger partial charge in [0.15, 0.2) is 0 Å². The van der Waals surface area contributed by atoms with Gasteiger partial charge >= 0.3 is 0 Å². The molecule has 1 aliphatic heterocycles. The van der Waals surface area contributed by atoms with Crippen LogP contribution in [0.1, 0.15) is 44.4 Å². The van der Waals surface area contributed by atoms with Gasteiger partial charge in [0.05, 0.1) is 17.7 Å². The normalized spacial score (nSPS) is 12.5. The van der Waals surface area contributed by atoms with Crippen LogP contribution in [0.25, 0.3) is 0 Å². The van der Waals surface area contributed by atoms with E-state index in [1.165, 1.54) is 0 Å². The molecule has 0 saturated carbocycles. The lowest BCUT2D eigenvalue weighted by atomic mass is 10.1. The van der Waals surface area contributed by atoms with Crippen molar-refractivity contribution in [3.8, 4) is 5.75 Å². The maximum atomic E-state index is 12.2. The summed E-state index contributed by atoms with van der Waals surface area (Å²) in [6.45, 7) is 2.31. The first-order valence-corrected chi connectivity index (χ1v) is 8.78. The van der Waals surface area contributed by atoms with Crippen molar-refractivity contribution in [3.63, 3.8) is 0 Å². The fraction of sp³-hybridized carbons (Fsp3) is 0.200. The van der Waals surface area contributed by atoms with Gasteiger partial charge in [0, 0.05) is 18.5 Å². The number of carbonyl (C=O) groups is 4. The SMILES string of the molecule is CCOc1ccc(C(=O)NNC(=O)CCN2C(=O)c3ccccc3C2=O)cc1. The van der Waals surface area contributed by atoms with E-state index in [4.69, 9.17) is 4.74 Å². The van der Waals surface area contributed by atoms with Gasteiger partial charge in [-0.3, -0.25) is 34.9 Å². The minimum atomic E-state index is -0.518. The van der Waals surface area contributed by atoms with Gasteiger partial charge in [-0.1, -0.05) is 12.1 Å². The van der Waals surface area contributed by atoms with Gasteiger partial charge in [-0.15, -0.1) is 0 Å². The Morgan fingerprint density at radius 1 is 0.929 bits per heavy atom. The number of hydrogen-bond acceptors (Lipinski definition) is 5. The maximum absolute atomic E-state index is 12.2. The van der Waals surface area contributed by atoms with Crippen molar-refractivity contribution in [1.29, 1.82) is 0 Å². The van der Waals surface area contributed by atoms with Crippen molar-refractivity contribution in [2.45, 2.75) is 13.3 Å². The third kappa shape index (κ3) is 4.01. The zero-order valence-corrected chi connectivity index (χ0v) is 15.2. The second kappa shape index (κ2) is 8.34. The first-order valence-electron chi connectivity index (χ1n) is 8.78. The van der Waals surface area contributed by atoms with Crippen LogP contribution in [-0.2, 0) is 4.79 Å². The molecule has 8 nitrogen and oxygen atoms in total. The molecule has 0 atom stereocenters. The largest absolute Gasteiger partial charge is 0.494 e. The van der Waals surface area contributed by atoms with E-state index >= 15 is 0 Å². The molecule has 144 valence electrons. The average Bonchev–Trinajstić information content (AvgIpc) is 2.96. The van der Waals surface area contributed by atoms with Crippen molar-refractivity contribution in [1.82, 2.24) is 15.8 Å². The molecule has 3 rings (SSSR count). The second-order valence-electron chi connectivity index (χ2n) is 6.02. The number of rotatable bonds is 6. The summed E-state index contributed by atoms with van der Waals surface area (Å²) >= 11 is 0. The van der Waals surface area contributed by atoms with Gasteiger partial charge in [0.1, 0.15) is 5.75 Å². The van der Waals surface area contributed by atoms with Crippen molar-refractivity contribution in [2.24, 2.45) is 0 Å². The molecule has 1 heterocycles. The summed E-state index contributed by atoms with van der Waals surface area (Å²) in [6.07, 6.45) is -0.130. The third-order valence-electron chi connectivity index (χ3n) is 4.18. The molecule has 0 bridgehead atoms. The standard InChI is InChI=1S/C20H19N3O5/c1-2-28-14-9-7-13(8-10-14)18(25)22-21-17(24)11-12-23-19(26)15-5-3-4-6-16(15)20(23)27/h3-10H,2,11-12H2,1H3,(H,21,24)(H,22,25). The topological polar surface area (TPSA) is 105 Å². The Morgan fingerprint density at radius 3 is 2.11 bits per heavy atom. The molecule has 0 unspecified atom stereocenters. The van der Waals surface area contributed by atoms with Crippen LogP contribution < -0.4 is 15.6 Å². The van der Waals surface area contributed by atoms with Crippen LogP contribution in [0.15, 0.2) is 48.5 Å². The molecule has 4 amide bonds. The highest BCUT2D eigenvalue weighted by Crippen LogP contribution is 2.22. The molecule has 0 aromatic heterocycles. The number of imide groups is 1. The molecule has 2 aromatic carbocycles. The second-order valence-corrected chi connectivity index (χ2v) is 6.02. The van der Waals surface area contributed by atoms with E-state index in [1.54, 1.807) is 48.5 Å². The Hall–Kier alpha value is -3.68. The first-order chi connectivity index (χ1) is 13.5. The van der Waals surface area contributed by atoms with Crippen LogP contribution in [0, 0.1) is 0 Å². The zero-order chi connectivity index (χ0) is 20.1. The molecule has 1 aliphatic rings. The maximum Gasteiger partial charge on any atom is 0.269 e. The van der Waals surface area contributed by atoms with Crippen LogP contribution in [0.4, 0.5) is 0 Å². The number of carbonyl (C=O) groups excluding carboxylic acids is 4. The predicted molar refractivity (Wildman–Crippen MR) is 99.6 cm³/mol. The lowest BCUT2D eigenvalue weighted by Crippen LogP contribution is -2.43. The number of benzene rings is 2. The molecule has 8 heteroatoms. The van der Waals surface area contributed by atoms with Crippen molar-refractivity contribution >= 4 is 23.6 Å². The van der Waals surface area contributed by atoms with E-state index in [1.807, 2.05) is 6.92 Å². The third-order valence-corrected chi connectivity index (χ3v) is 4.18. The number of fused-ring (bicyclic) bond motifs is 1. The predicted octanol–water partition coefficient (Wildman–Crippen LogP) is 1.53. The van der Waals surface area contributed by atoms with Gasteiger partial charge in [0.2, 0.25) is 5.91 Å². The molecule has 28 heavy (non-hydrogen) atoms. The van der Waals surface area contributed by atoms with Crippen molar-refractivity contribution in [2.75, 3.05) is 13.2 Å². The number of hydrazine groups is 1. The molecular weight excluding hydrogens is 362 g/mol. The van der Waals surface area contributed by atoms with E-state index in [0.717, 1.165) is 4.90 Å². The first kappa shape index (κ1) is 19.1. The Labute approximate surface area is 161 Å². The van der Waals surface area contributed by atoms with Crippen LogP contribution >= 0.6 is 0 Å². The highest BCUT2D eigenvalue weighted by atomic mass is 16.5. The average molecular weight is 381 g/mol. The lowest BCUT2D eigenvalue weighted by Gasteiger charge is -2.14. The fourth-order valence-corrected chi connectivity index (χ4v) is 2.79. The van der Waals surface area contributed by atoms with Crippen LogP contribution in [0.2, 0.25) is 0 Å². The van der Waals surface area contributed by atoms with Crippen LogP contribution in [-0.4, -0.2) is 41.7 Å². The Balaban J connectivity index is 1.48. The summed E-state index contributed by atoms with van der Waals surface area (Å²) in [5, 5.41) is 0. The number of nitrogens with zero attached hydrogens (tertiary/aromatic N) is 1. The summed E-state index contributed by atoms with van der Waals surface area (Å²) in [7, 11) is 0. The number of ether oxygens (including phenoxy) is 1. The van der Waals surface area contributed by atoms with Gasteiger partial charge < -0.3 is 4.74 Å². The van der Waals surface area contributed by atoms with E-state index in [2.05, 4.69) is 10.9 Å². The van der Waals surface area contributed by atoms with E-state index in [0.29, 0.717) is 29.0 Å². The monoisotopic (exact) mass is 381 g/mol. The number of hydrogen-bond donors (Lipinski definition) is 2. The van der Waals surface area contributed by atoms with Gasteiger partial charge in [-0.2, -0.15) is 0 Å². The molecule has 0 spiro atoms. The number of amides is 4. The Kier molecular flexibility index (Phi) is 5.69. The lowest BCUT2D eigenvalue weighted by molar-refractivity contribution is -0.121. The Morgan fingerprint density at radius 2 is 1.54 bits per heavy atom. The van der Waals surface area contributed by atoms with Gasteiger partial charge in [-0.25, -0.2) is 0 Å². The van der Waals surface area contributed by atoms with Crippen molar-refractivity contribution in [3.05, 3.63) is 65.2 Å². The highest BCUT2D eigenvalue weighted by molar-refractivity contribution is 6.21. The minimum absolute atomic E-state index is 0.0723. The van der Waals surface area contributed by atoms with E-state index in [-0.39, 0.29) is 13.0 Å². The smallest absolute Gasteiger partial charge is 0.269 e. The molecule has 2 aromatic rings. The quantitative estimate of drug-likeness (QED) is 0.583.